The van der Waals surface area contributed by atoms with E-state index < -0.39 is 0 Å². The Morgan fingerprint density at radius 2 is 1.83 bits per heavy atom. The van der Waals surface area contributed by atoms with Gasteiger partial charge in [0.05, 0.1) is 5.69 Å². The van der Waals surface area contributed by atoms with Gasteiger partial charge in [-0.2, -0.15) is 0 Å². The van der Waals surface area contributed by atoms with Gasteiger partial charge in [0.15, 0.2) is 0 Å². The zero-order chi connectivity index (χ0) is 16.4. The molecule has 122 valence electrons. The number of pyridine rings is 1. The van der Waals surface area contributed by atoms with Crippen molar-refractivity contribution in [1.29, 1.82) is 0 Å². The van der Waals surface area contributed by atoms with Crippen LogP contribution in [0.25, 0.3) is 11.3 Å². The van der Waals surface area contributed by atoms with E-state index in [9.17, 15) is 4.79 Å². The van der Waals surface area contributed by atoms with E-state index in [0.717, 1.165) is 36.1 Å². The molecular formula is C20H26N2O. The summed E-state index contributed by atoms with van der Waals surface area (Å²) in [6.07, 6.45) is 3.26. The summed E-state index contributed by atoms with van der Waals surface area (Å²) in [5, 5.41) is 3.35. The Morgan fingerprint density at radius 1 is 1.13 bits per heavy atom. The molecule has 1 saturated carbocycles. The second-order valence-corrected chi connectivity index (χ2v) is 6.74. The van der Waals surface area contributed by atoms with Gasteiger partial charge in [-0.3, -0.25) is 4.79 Å². The molecule has 0 spiro atoms. The van der Waals surface area contributed by atoms with Crippen molar-refractivity contribution in [1.82, 2.24) is 9.88 Å². The van der Waals surface area contributed by atoms with Crippen molar-refractivity contribution in [3.63, 3.8) is 0 Å². The molecule has 0 saturated heterocycles. The quantitative estimate of drug-likeness (QED) is 0.877. The fraction of sp³-hybridized carbons (Fsp3) is 0.450. The molecule has 0 unspecified atom stereocenters. The Morgan fingerprint density at radius 3 is 2.39 bits per heavy atom. The molecule has 1 N–H and O–H groups in total. The van der Waals surface area contributed by atoms with Crippen LogP contribution in [0.3, 0.4) is 0 Å². The largest absolute Gasteiger partial charge is 0.310 e. The van der Waals surface area contributed by atoms with Gasteiger partial charge in [-0.1, -0.05) is 51.1 Å². The lowest BCUT2D eigenvalue weighted by Crippen LogP contribution is -2.30. The topological polar surface area (TPSA) is 34.0 Å². The number of nitrogens with zero attached hydrogens (tertiary/aromatic N) is 1. The number of aryl methyl sites for hydroxylation is 1. The molecule has 3 heteroatoms. The van der Waals surface area contributed by atoms with Crippen molar-refractivity contribution in [2.24, 2.45) is 0 Å². The SMILES string of the molecule is CCc1ccc(-c2ccc(CNC(C)C)c(=O)n2C2CC2)cc1. The molecule has 1 aromatic carbocycles. The highest BCUT2D eigenvalue weighted by molar-refractivity contribution is 5.60. The van der Waals surface area contributed by atoms with Gasteiger partial charge in [0.25, 0.3) is 5.56 Å². The van der Waals surface area contributed by atoms with Crippen LogP contribution in [0.4, 0.5) is 0 Å². The number of nitrogens with one attached hydrogen (secondary N) is 1. The van der Waals surface area contributed by atoms with Crippen molar-refractivity contribution in [2.75, 3.05) is 0 Å². The van der Waals surface area contributed by atoms with Crippen molar-refractivity contribution < 1.29 is 0 Å². The number of aromatic nitrogens is 1. The maximum absolute atomic E-state index is 12.9. The van der Waals surface area contributed by atoms with Crippen LogP contribution in [-0.2, 0) is 13.0 Å². The van der Waals surface area contributed by atoms with Crippen LogP contribution in [0, 0.1) is 0 Å². The lowest BCUT2D eigenvalue weighted by atomic mass is 10.1. The van der Waals surface area contributed by atoms with E-state index in [4.69, 9.17) is 0 Å². The van der Waals surface area contributed by atoms with Gasteiger partial charge in [0.1, 0.15) is 0 Å². The fourth-order valence-corrected chi connectivity index (χ4v) is 2.89. The molecule has 1 aliphatic carbocycles. The zero-order valence-electron chi connectivity index (χ0n) is 14.3. The van der Waals surface area contributed by atoms with Crippen molar-refractivity contribution in [3.8, 4) is 11.3 Å². The third-order valence-electron chi connectivity index (χ3n) is 4.47. The minimum Gasteiger partial charge on any atom is -0.310 e. The van der Waals surface area contributed by atoms with Gasteiger partial charge in [-0.15, -0.1) is 0 Å². The lowest BCUT2D eigenvalue weighted by Gasteiger charge is -2.15. The summed E-state index contributed by atoms with van der Waals surface area (Å²) in [6, 6.07) is 13.4. The molecule has 1 aromatic heterocycles. The zero-order valence-corrected chi connectivity index (χ0v) is 14.3. The van der Waals surface area contributed by atoms with E-state index in [-0.39, 0.29) is 5.56 Å². The summed E-state index contributed by atoms with van der Waals surface area (Å²) < 4.78 is 2.01. The van der Waals surface area contributed by atoms with E-state index in [1.54, 1.807) is 0 Å². The Kier molecular flexibility index (Phi) is 4.67. The first-order valence-corrected chi connectivity index (χ1v) is 8.67. The van der Waals surface area contributed by atoms with Gasteiger partial charge in [-0.05, 0) is 36.5 Å². The normalized spacial score (nSPS) is 14.4. The monoisotopic (exact) mass is 310 g/mol. The molecule has 0 amide bonds. The molecule has 3 nitrogen and oxygen atoms in total. The van der Waals surface area contributed by atoms with Crippen LogP contribution in [0.5, 0.6) is 0 Å². The second-order valence-electron chi connectivity index (χ2n) is 6.74. The summed E-state index contributed by atoms with van der Waals surface area (Å²) in [7, 11) is 0. The van der Waals surface area contributed by atoms with Crippen LogP contribution in [0.2, 0.25) is 0 Å². The van der Waals surface area contributed by atoms with Crippen LogP contribution >= 0.6 is 0 Å². The highest BCUT2D eigenvalue weighted by Gasteiger charge is 2.27. The van der Waals surface area contributed by atoms with Gasteiger partial charge in [-0.25, -0.2) is 0 Å². The third-order valence-corrected chi connectivity index (χ3v) is 4.47. The van der Waals surface area contributed by atoms with Gasteiger partial charge >= 0.3 is 0 Å². The first kappa shape index (κ1) is 16.0. The predicted octanol–water partition coefficient (Wildman–Crippen LogP) is 3.91. The molecule has 23 heavy (non-hydrogen) atoms. The summed E-state index contributed by atoms with van der Waals surface area (Å²) in [4.78, 5) is 12.9. The third kappa shape index (κ3) is 3.56. The molecule has 1 fully saturated rings. The smallest absolute Gasteiger partial charge is 0.255 e. The first-order valence-electron chi connectivity index (χ1n) is 8.67. The number of rotatable bonds is 6. The first-order chi connectivity index (χ1) is 11.1. The van der Waals surface area contributed by atoms with E-state index in [2.05, 4.69) is 56.4 Å². The highest BCUT2D eigenvalue weighted by atomic mass is 16.1. The van der Waals surface area contributed by atoms with Gasteiger partial charge in [0, 0.05) is 24.2 Å². The number of benzene rings is 1. The summed E-state index contributed by atoms with van der Waals surface area (Å²) in [5.41, 5.74) is 4.53. The average Bonchev–Trinajstić information content (AvgIpc) is 3.38. The minimum absolute atomic E-state index is 0.165. The highest BCUT2D eigenvalue weighted by Crippen LogP contribution is 2.37. The Hall–Kier alpha value is -1.87. The summed E-state index contributed by atoms with van der Waals surface area (Å²) in [6.45, 7) is 7.00. The molecule has 1 heterocycles. The van der Waals surface area contributed by atoms with Crippen molar-refractivity contribution in [2.45, 2.75) is 58.7 Å². The van der Waals surface area contributed by atoms with E-state index in [0.29, 0.717) is 18.6 Å². The van der Waals surface area contributed by atoms with Gasteiger partial charge in [0.2, 0.25) is 0 Å². The van der Waals surface area contributed by atoms with E-state index in [1.165, 1.54) is 5.56 Å². The summed E-state index contributed by atoms with van der Waals surface area (Å²) >= 11 is 0. The molecular weight excluding hydrogens is 284 g/mol. The van der Waals surface area contributed by atoms with Crippen LogP contribution in [0.1, 0.15) is 50.8 Å². The van der Waals surface area contributed by atoms with E-state index >= 15 is 0 Å². The van der Waals surface area contributed by atoms with Crippen LogP contribution in [0.15, 0.2) is 41.2 Å². The predicted molar refractivity (Wildman–Crippen MR) is 95.8 cm³/mol. The Labute approximate surface area is 138 Å². The second kappa shape index (κ2) is 6.71. The Bertz CT molecular complexity index is 724. The van der Waals surface area contributed by atoms with Gasteiger partial charge < -0.3 is 9.88 Å². The molecule has 3 rings (SSSR count). The maximum atomic E-state index is 12.9. The van der Waals surface area contributed by atoms with Crippen molar-refractivity contribution in [3.05, 3.63) is 57.9 Å². The maximum Gasteiger partial charge on any atom is 0.255 e. The number of hydrogen-bond donors (Lipinski definition) is 1. The minimum atomic E-state index is 0.165. The number of hydrogen-bond acceptors (Lipinski definition) is 2. The fourth-order valence-electron chi connectivity index (χ4n) is 2.89. The molecule has 0 atom stereocenters. The average molecular weight is 310 g/mol. The van der Waals surface area contributed by atoms with E-state index in [1.807, 2.05) is 10.6 Å². The molecule has 0 radical (unpaired) electrons. The molecule has 0 bridgehead atoms. The lowest BCUT2D eigenvalue weighted by molar-refractivity contribution is 0.579. The Balaban J connectivity index is 1.99. The van der Waals surface area contributed by atoms with Crippen molar-refractivity contribution >= 4 is 0 Å². The van der Waals surface area contributed by atoms with Crippen LogP contribution in [-0.4, -0.2) is 10.6 Å². The van der Waals surface area contributed by atoms with Crippen LogP contribution < -0.4 is 10.9 Å². The molecule has 2 aromatic rings. The summed E-state index contributed by atoms with van der Waals surface area (Å²) in [5.74, 6) is 0. The standard InChI is InChI=1S/C20H26N2O/c1-4-15-5-7-16(8-6-15)19-12-9-17(13-21-14(2)3)20(23)22(19)18-10-11-18/h5-9,12,14,18,21H,4,10-11,13H2,1-3H3. The molecule has 1 aliphatic rings. The molecule has 0 aliphatic heterocycles.